The van der Waals surface area contributed by atoms with E-state index in [-0.39, 0.29) is 29.8 Å². The molecule has 1 aliphatic heterocycles. The smallest absolute Gasteiger partial charge is 0.243 e. The summed E-state index contributed by atoms with van der Waals surface area (Å²) in [4.78, 5) is 27.2. The first-order valence-electron chi connectivity index (χ1n) is 9.45. The van der Waals surface area contributed by atoms with Crippen LogP contribution < -0.4 is 11.1 Å². The average Bonchev–Trinajstić information content (AvgIpc) is 3.03. The minimum atomic E-state index is -0.298. The maximum atomic E-state index is 12.9. The van der Waals surface area contributed by atoms with Crippen LogP contribution in [0, 0.1) is 17.8 Å². The molecule has 2 saturated carbocycles. The number of carbonyl (C=O) groups excluding carboxylic acids is 2. The maximum absolute atomic E-state index is 12.9. The third-order valence-corrected chi connectivity index (χ3v) is 7.20. The molecule has 3 N–H and O–H groups in total. The van der Waals surface area contributed by atoms with Crippen molar-refractivity contribution in [2.45, 2.75) is 70.5 Å². The lowest BCUT2D eigenvalue weighted by molar-refractivity contribution is -0.141. The number of hydrogen-bond donors (Lipinski definition) is 2. The van der Waals surface area contributed by atoms with E-state index in [9.17, 15) is 9.59 Å². The van der Waals surface area contributed by atoms with Crippen LogP contribution in [0.5, 0.6) is 0 Å². The number of hydrogen-bond acceptors (Lipinski definition) is 4. The fourth-order valence-corrected chi connectivity index (χ4v) is 5.78. The Labute approximate surface area is 149 Å². The van der Waals surface area contributed by atoms with Gasteiger partial charge in [-0.05, 0) is 43.9 Å². The predicted molar refractivity (Wildman–Crippen MR) is 97.4 cm³/mol. The molecule has 3 fully saturated rings. The minimum Gasteiger partial charge on any atom is -0.351 e. The molecule has 1 saturated heterocycles. The molecule has 0 aromatic rings. The zero-order chi connectivity index (χ0) is 17.3. The zero-order valence-electron chi connectivity index (χ0n) is 14.9. The van der Waals surface area contributed by atoms with Crippen molar-refractivity contribution in [1.29, 1.82) is 0 Å². The second-order valence-corrected chi connectivity index (χ2v) is 8.85. The van der Waals surface area contributed by atoms with Gasteiger partial charge < -0.3 is 16.0 Å². The third-order valence-electron chi connectivity index (χ3n) is 6.19. The first-order valence-corrected chi connectivity index (χ1v) is 10.6. The standard InChI is InChI=1S/C18H31N3O2S/c1-3-11(2)18(23)21-10-24-9-15(21)17(22)20-16-12-5-4-6-13(16)8-14(19)7-12/h11-16H,3-10,19H2,1-2H3,(H,20,22). The van der Waals surface area contributed by atoms with Crippen molar-refractivity contribution in [2.75, 3.05) is 11.6 Å². The summed E-state index contributed by atoms with van der Waals surface area (Å²) in [5.41, 5.74) is 6.18. The second kappa shape index (κ2) is 7.65. The van der Waals surface area contributed by atoms with Crippen molar-refractivity contribution in [3.8, 4) is 0 Å². The van der Waals surface area contributed by atoms with Gasteiger partial charge in [-0.3, -0.25) is 9.59 Å². The summed E-state index contributed by atoms with van der Waals surface area (Å²) in [7, 11) is 0. The highest BCUT2D eigenvalue weighted by Crippen LogP contribution is 2.40. The molecule has 6 heteroatoms. The molecule has 2 aliphatic carbocycles. The zero-order valence-corrected chi connectivity index (χ0v) is 15.7. The Balaban J connectivity index is 1.65. The number of fused-ring (bicyclic) bond motifs is 2. The van der Waals surface area contributed by atoms with Crippen molar-refractivity contribution in [2.24, 2.45) is 23.5 Å². The van der Waals surface area contributed by atoms with Gasteiger partial charge in [0.05, 0.1) is 5.88 Å². The highest BCUT2D eigenvalue weighted by atomic mass is 32.2. The van der Waals surface area contributed by atoms with Crippen LogP contribution >= 0.6 is 11.8 Å². The van der Waals surface area contributed by atoms with Crippen molar-refractivity contribution in [3.05, 3.63) is 0 Å². The van der Waals surface area contributed by atoms with E-state index in [4.69, 9.17) is 5.73 Å². The molecule has 1 heterocycles. The maximum Gasteiger partial charge on any atom is 0.243 e. The molecule has 2 bridgehead atoms. The topological polar surface area (TPSA) is 75.4 Å². The Morgan fingerprint density at radius 2 is 1.96 bits per heavy atom. The normalized spacial score (nSPS) is 37.1. The molecular weight excluding hydrogens is 322 g/mol. The third kappa shape index (κ3) is 3.59. The molecular formula is C18H31N3O2S. The van der Waals surface area contributed by atoms with E-state index in [1.54, 1.807) is 16.7 Å². The van der Waals surface area contributed by atoms with Crippen LogP contribution in [0.15, 0.2) is 0 Å². The first kappa shape index (κ1) is 18.1. The Kier molecular flexibility index (Phi) is 5.75. The van der Waals surface area contributed by atoms with Crippen molar-refractivity contribution in [1.82, 2.24) is 10.2 Å². The summed E-state index contributed by atoms with van der Waals surface area (Å²) in [5.74, 6) is 2.56. The van der Waals surface area contributed by atoms with Crippen LogP contribution in [0.3, 0.4) is 0 Å². The van der Waals surface area contributed by atoms with Gasteiger partial charge in [-0.1, -0.05) is 20.3 Å². The Bertz CT molecular complexity index is 473. The lowest BCUT2D eigenvalue weighted by Gasteiger charge is -2.45. The number of rotatable bonds is 4. The minimum absolute atomic E-state index is 0.00828. The van der Waals surface area contributed by atoms with Crippen LogP contribution in [0.4, 0.5) is 0 Å². The Morgan fingerprint density at radius 3 is 2.58 bits per heavy atom. The van der Waals surface area contributed by atoms with Gasteiger partial charge in [-0.2, -0.15) is 0 Å². The monoisotopic (exact) mass is 353 g/mol. The summed E-state index contributed by atoms with van der Waals surface area (Å²) in [6.45, 7) is 3.97. The number of nitrogens with zero attached hydrogens (tertiary/aromatic N) is 1. The summed E-state index contributed by atoms with van der Waals surface area (Å²) in [5, 5.41) is 3.32. The van der Waals surface area contributed by atoms with Crippen molar-refractivity contribution >= 4 is 23.6 Å². The predicted octanol–water partition coefficient (Wildman–Crippen LogP) is 1.96. The SMILES string of the molecule is CCC(C)C(=O)N1CSCC1C(=O)NC1C2CCCC1CC(N)C2. The van der Waals surface area contributed by atoms with Crippen LogP contribution in [-0.2, 0) is 9.59 Å². The van der Waals surface area contributed by atoms with E-state index < -0.39 is 0 Å². The summed E-state index contributed by atoms with van der Waals surface area (Å²) >= 11 is 1.68. The van der Waals surface area contributed by atoms with Crippen LogP contribution in [-0.4, -0.2) is 46.5 Å². The van der Waals surface area contributed by atoms with Gasteiger partial charge >= 0.3 is 0 Å². The molecule has 4 unspecified atom stereocenters. The molecule has 2 amide bonds. The summed E-state index contributed by atoms with van der Waals surface area (Å²) in [6.07, 6.45) is 6.46. The molecule has 0 aromatic heterocycles. The lowest BCUT2D eigenvalue weighted by Crippen LogP contribution is -2.58. The molecule has 136 valence electrons. The fraction of sp³-hybridized carbons (Fsp3) is 0.889. The van der Waals surface area contributed by atoms with E-state index in [0.717, 1.165) is 25.0 Å². The van der Waals surface area contributed by atoms with E-state index in [1.165, 1.54) is 19.3 Å². The number of amides is 2. The Hall–Kier alpha value is -0.750. The van der Waals surface area contributed by atoms with E-state index >= 15 is 0 Å². The second-order valence-electron chi connectivity index (χ2n) is 7.85. The van der Waals surface area contributed by atoms with Gasteiger partial charge in [-0.15, -0.1) is 11.8 Å². The quantitative estimate of drug-likeness (QED) is 0.810. The van der Waals surface area contributed by atoms with Gasteiger partial charge in [0.15, 0.2) is 0 Å². The average molecular weight is 354 g/mol. The Morgan fingerprint density at radius 1 is 1.29 bits per heavy atom. The number of carbonyl (C=O) groups is 2. The largest absolute Gasteiger partial charge is 0.351 e. The van der Waals surface area contributed by atoms with E-state index in [1.807, 2.05) is 13.8 Å². The molecule has 0 radical (unpaired) electrons. The highest BCUT2D eigenvalue weighted by molar-refractivity contribution is 7.99. The molecule has 0 spiro atoms. The van der Waals surface area contributed by atoms with Crippen molar-refractivity contribution < 1.29 is 9.59 Å². The molecule has 3 aliphatic rings. The van der Waals surface area contributed by atoms with E-state index in [2.05, 4.69) is 5.32 Å². The van der Waals surface area contributed by atoms with Crippen LogP contribution in [0.2, 0.25) is 0 Å². The molecule has 3 rings (SSSR count). The van der Waals surface area contributed by atoms with Gasteiger partial charge in [-0.25, -0.2) is 0 Å². The van der Waals surface area contributed by atoms with Crippen LogP contribution in [0.25, 0.3) is 0 Å². The molecule has 5 nitrogen and oxygen atoms in total. The van der Waals surface area contributed by atoms with Gasteiger partial charge in [0, 0.05) is 23.8 Å². The number of nitrogens with one attached hydrogen (secondary N) is 1. The summed E-state index contributed by atoms with van der Waals surface area (Å²) < 4.78 is 0. The van der Waals surface area contributed by atoms with Crippen LogP contribution in [0.1, 0.15) is 52.4 Å². The van der Waals surface area contributed by atoms with Gasteiger partial charge in [0.25, 0.3) is 0 Å². The number of thioether (sulfide) groups is 1. The first-order chi connectivity index (χ1) is 11.5. The van der Waals surface area contributed by atoms with Gasteiger partial charge in [0.2, 0.25) is 11.8 Å². The van der Waals surface area contributed by atoms with Crippen molar-refractivity contribution in [3.63, 3.8) is 0 Å². The fourth-order valence-electron chi connectivity index (χ4n) is 4.62. The lowest BCUT2D eigenvalue weighted by atomic mass is 9.67. The molecule has 4 atom stereocenters. The van der Waals surface area contributed by atoms with E-state index in [0.29, 0.717) is 23.8 Å². The molecule has 0 aromatic carbocycles. The highest BCUT2D eigenvalue weighted by Gasteiger charge is 2.42. The van der Waals surface area contributed by atoms with Gasteiger partial charge in [0.1, 0.15) is 6.04 Å². The molecule has 24 heavy (non-hydrogen) atoms. The number of nitrogens with two attached hydrogens (primary N) is 1. The summed E-state index contributed by atoms with van der Waals surface area (Å²) in [6, 6.07) is 0.254.